The minimum atomic E-state index is -5.43. The summed E-state index contributed by atoms with van der Waals surface area (Å²) in [6.45, 7) is 2.87. The first-order chi connectivity index (χ1) is 21.8. The molecule has 46 heavy (non-hydrogen) atoms. The number of carbonyl (C=O) groups is 3. The number of anilines is 1. The number of fused-ring (bicyclic) bond motifs is 2. The molecule has 248 valence electrons. The molecular formula is C32H37ClF3N5O5. The van der Waals surface area contributed by atoms with Gasteiger partial charge in [-0.15, -0.1) is 5.06 Å². The topological polar surface area (TPSA) is 107 Å². The summed E-state index contributed by atoms with van der Waals surface area (Å²) in [4.78, 5) is 52.3. The molecule has 3 unspecified atom stereocenters. The number of hydrogen-bond acceptors (Lipinski definition) is 6. The Hall–Kier alpha value is -3.81. The van der Waals surface area contributed by atoms with Gasteiger partial charge in [0.2, 0.25) is 0 Å². The first kappa shape index (κ1) is 33.6. The molecule has 5 rings (SSSR count). The van der Waals surface area contributed by atoms with Crippen molar-refractivity contribution in [1.82, 2.24) is 20.3 Å². The summed E-state index contributed by atoms with van der Waals surface area (Å²) in [5, 5.41) is 3.96. The second-order valence-electron chi connectivity index (χ2n) is 12.1. The van der Waals surface area contributed by atoms with Crippen molar-refractivity contribution in [3.63, 3.8) is 0 Å². The molecule has 14 heteroatoms. The van der Waals surface area contributed by atoms with E-state index in [1.54, 1.807) is 43.5 Å². The van der Waals surface area contributed by atoms with Crippen LogP contribution in [-0.4, -0.2) is 91.5 Å². The number of nitrogens with one attached hydrogen (secondary N) is 2. The third kappa shape index (κ3) is 7.42. The van der Waals surface area contributed by atoms with Gasteiger partial charge in [-0.3, -0.25) is 4.79 Å². The number of aromatic amines is 1. The average Bonchev–Trinajstić information content (AvgIpc) is 3.68. The molecule has 0 saturated carbocycles. The van der Waals surface area contributed by atoms with Crippen molar-refractivity contribution in [3.05, 3.63) is 64.8 Å². The Morgan fingerprint density at radius 2 is 1.96 bits per heavy atom. The van der Waals surface area contributed by atoms with Crippen LogP contribution in [0.4, 0.5) is 23.7 Å². The summed E-state index contributed by atoms with van der Waals surface area (Å²) in [5.74, 6) is -4.34. The second kappa shape index (κ2) is 13.9. The highest BCUT2D eigenvalue weighted by molar-refractivity contribution is 6.30. The van der Waals surface area contributed by atoms with Crippen LogP contribution in [0, 0.1) is 5.92 Å². The Kier molecular flexibility index (Phi) is 10.1. The summed E-state index contributed by atoms with van der Waals surface area (Å²) in [6, 6.07) is 9.41. The van der Waals surface area contributed by atoms with E-state index in [-0.39, 0.29) is 30.2 Å². The van der Waals surface area contributed by atoms with Gasteiger partial charge in [-0.05, 0) is 74.7 Å². The number of alkyl halides is 3. The van der Waals surface area contributed by atoms with Crippen LogP contribution in [0.2, 0.25) is 5.02 Å². The van der Waals surface area contributed by atoms with Crippen molar-refractivity contribution in [2.75, 3.05) is 45.2 Å². The smallest absolute Gasteiger partial charge is 0.376 e. The third-order valence-electron chi connectivity index (χ3n) is 8.38. The molecule has 2 N–H and O–H groups in total. The lowest BCUT2D eigenvalue weighted by Gasteiger charge is -2.40. The summed E-state index contributed by atoms with van der Waals surface area (Å²) in [7, 11) is 3.80. The van der Waals surface area contributed by atoms with Crippen LogP contribution in [0.15, 0.2) is 48.7 Å². The first-order valence-corrected chi connectivity index (χ1v) is 15.5. The number of aromatic nitrogens is 1. The molecule has 1 fully saturated rings. The van der Waals surface area contributed by atoms with E-state index in [4.69, 9.17) is 21.2 Å². The van der Waals surface area contributed by atoms with Gasteiger partial charge in [0.15, 0.2) is 6.04 Å². The largest absolute Gasteiger partial charge is 0.493 e. The second-order valence-corrected chi connectivity index (χ2v) is 12.5. The van der Waals surface area contributed by atoms with Crippen LogP contribution >= 0.6 is 11.6 Å². The van der Waals surface area contributed by atoms with Gasteiger partial charge in [-0.1, -0.05) is 36.7 Å². The normalized spacial score (nSPS) is 19.5. The molecule has 0 bridgehead atoms. The van der Waals surface area contributed by atoms with Crippen LogP contribution in [0.25, 0.3) is 10.9 Å². The number of H-pyrrole nitrogens is 1. The van der Waals surface area contributed by atoms with Gasteiger partial charge in [-0.25, -0.2) is 9.59 Å². The lowest BCUT2D eigenvalue weighted by Crippen LogP contribution is -2.59. The van der Waals surface area contributed by atoms with Crippen molar-refractivity contribution in [1.29, 1.82) is 0 Å². The predicted octanol–water partition coefficient (Wildman–Crippen LogP) is 5.27. The fourth-order valence-corrected chi connectivity index (χ4v) is 6.52. The highest BCUT2D eigenvalue weighted by atomic mass is 35.5. The summed E-state index contributed by atoms with van der Waals surface area (Å²) in [6.07, 6.45) is -2.15. The molecule has 2 aromatic carbocycles. The first-order valence-electron chi connectivity index (χ1n) is 15.1. The Bertz CT molecular complexity index is 1570. The van der Waals surface area contributed by atoms with Crippen molar-refractivity contribution in [3.8, 4) is 0 Å². The lowest BCUT2D eigenvalue weighted by molar-refractivity contribution is -0.233. The van der Waals surface area contributed by atoms with E-state index in [1.807, 2.05) is 31.1 Å². The number of rotatable bonds is 8. The van der Waals surface area contributed by atoms with Gasteiger partial charge in [0, 0.05) is 60.0 Å². The van der Waals surface area contributed by atoms with E-state index in [0.717, 1.165) is 17.5 Å². The van der Waals surface area contributed by atoms with Crippen molar-refractivity contribution < 1.29 is 37.1 Å². The third-order valence-corrected chi connectivity index (χ3v) is 8.62. The monoisotopic (exact) mass is 663 g/mol. The number of carbonyl (C=O) groups excluding carboxylic acids is 3. The molecule has 3 amide bonds. The minimum Gasteiger partial charge on any atom is -0.376 e. The molecule has 3 heterocycles. The van der Waals surface area contributed by atoms with Crippen LogP contribution in [0.3, 0.4) is 0 Å². The Morgan fingerprint density at radius 3 is 2.65 bits per heavy atom. The van der Waals surface area contributed by atoms with Crippen LogP contribution in [0.5, 0.6) is 0 Å². The molecule has 1 aromatic heterocycles. The number of nitrogens with zero attached hydrogens (tertiary/aromatic N) is 3. The van der Waals surface area contributed by atoms with E-state index in [2.05, 4.69) is 10.3 Å². The van der Waals surface area contributed by atoms with Gasteiger partial charge >= 0.3 is 18.2 Å². The summed E-state index contributed by atoms with van der Waals surface area (Å²) >= 11 is 6.32. The Morgan fingerprint density at radius 1 is 1.20 bits per heavy atom. The van der Waals surface area contributed by atoms with Crippen molar-refractivity contribution >= 4 is 46.1 Å². The maximum atomic E-state index is 14.8. The molecule has 3 aromatic rings. The van der Waals surface area contributed by atoms with Gasteiger partial charge < -0.3 is 29.7 Å². The number of halogens is 4. The van der Waals surface area contributed by atoms with Crippen LogP contribution < -0.4 is 10.2 Å². The van der Waals surface area contributed by atoms with E-state index in [9.17, 15) is 27.6 Å². The van der Waals surface area contributed by atoms with Crippen LogP contribution in [-0.2, 0) is 25.6 Å². The number of para-hydroxylation sites is 1. The van der Waals surface area contributed by atoms with E-state index in [1.165, 1.54) is 4.90 Å². The van der Waals surface area contributed by atoms with E-state index >= 15 is 0 Å². The number of hydroxylamine groups is 2. The minimum absolute atomic E-state index is 0.0444. The lowest BCUT2D eigenvalue weighted by atomic mass is 9.88. The van der Waals surface area contributed by atoms with Crippen molar-refractivity contribution in [2.24, 2.45) is 5.92 Å². The highest BCUT2D eigenvalue weighted by Gasteiger charge is 2.48. The molecule has 0 radical (unpaired) electrons. The van der Waals surface area contributed by atoms with Gasteiger partial charge in [0.25, 0.3) is 5.91 Å². The molecule has 0 aliphatic carbocycles. The molecule has 2 aliphatic heterocycles. The zero-order chi connectivity index (χ0) is 33.2. The molecule has 0 spiro atoms. The standard InChI is InChI=1S/C32H37ClF3N5O5/c1-19(25-16-37-26-9-5-4-8-24(25)26)28(41(46-30(43)32(34,35)36)31(44)38-15-23-7-6-12-45-23)29(42)40-18-20(17-39(2)3)13-21-14-22(33)10-11-27(21)40/h4-5,8-11,14,16,19-20,23,28,37H,6-7,12-13,15,17-18H2,1-3H3,(H,38,44)/t19?,20-,23?,28?/m1/s1. The highest BCUT2D eigenvalue weighted by Crippen LogP contribution is 2.37. The number of hydrogen-bond donors (Lipinski definition) is 2. The summed E-state index contributed by atoms with van der Waals surface area (Å²) in [5.41, 5.74) is 2.56. The quantitative estimate of drug-likeness (QED) is 0.318. The Labute approximate surface area is 269 Å². The SMILES string of the molecule is CC(c1c[nH]c2ccccc12)C(C(=O)N1C[C@@H](CN(C)C)Cc2cc(Cl)ccc21)N(OC(=O)C(F)(F)F)C(=O)NCC1CCCO1. The molecule has 1 saturated heterocycles. The fourth-order valence-electron chi connectivity index (χ4n) is 6.33. The van der Waals surface area contributed by atoms with Gasteiger partial charge in [0.1, 0.15) is 0 Å². The zero-order valence-electron chi connectivity index (χ0n) is 25.8. The number of amides is 3. The number of urea groups is 1. The van der Waals surface area contributed by atoms with E-state index in [0.29, 0.717) is 47.7 Å². The predicted molar refractivity (Wildman–Crippen MR) is 166 cm³/mol. The molecule has 2 aliphatic rings. The molecule has 4 atom stereocenters. The molecule has 10 nitrogen and oxygen atoms in total. The number of benzene rings is 2. The molecular weight excluding hydrogens is 627 g/mol. The number of ether oxygens (including phenoxy) is 1. The maximum Gasteiger partial charge on any atom is 0.493 e. The van der Waals surface area contributed by atoms with Crippen molar-refractivity contribution in [2.45, 2.75) is 50.4 Å². The summed E-state index contributed by atoms with van der Waals surface area (Å²) < 4.78 is 46.5. The van der Waals surface area contributed by atoms with Gasteiger partial charge in [-0.2, -0.15) is 13.2 Å². The maximum absolute atomic E-state index is 14.8. The average molecular weight is 664 g/mol. The van der Waals surface area contributed by atoms with Gasteiger partial charge in [0.05, 0.1) is 6.10 Å². The van der Waals surface area contributed by atoms with Crippen LogP contribution in [0.1, 0.15) is 36.8 Å². The zero-order valence-corrected chi connectivity index (χ0v) is 26.5. The Balaban J connectivity index is 1.60. The fraction of sp³-hybridized carbons (Fsp3) is 0.469. The van der Waals surface area contributed by atoms with E-state index < -0.39 is 36.0 Å².